The molecule has 1 aromatic carbocycles. The second-order valence-corrected chi connectivity index (χ2v) is 5.35. The fourth-order valence-corrected chi connectivity index (χ4v) is 2.60. The first kappa shape index (κ1) is 15.1. The Bertz CT molecular complexity index is 868. The van der Waals surface area contributed by atoms with Gasteiger partial charge >= 0.3 is 0 Å². The Morgan fingerprint density at radius 3 is 2.74 bits per heavy atom. The van der Waals surface area contributed by atoms with Crippen molar-refractivity contribution in [1.82, 2.24) is 10.3 Å². The Morgan fingerprint density at radius 2 is 2.04 bits per heavy atom. The smallest absolute Gasteiger partial charge is 0.255 e. The molecule has 1 N–H and O–H groups in total. The molecule has 0 saturated heterocycles. The van der Waals surface area contributed by atoms with E-state index in [0.29, 0.717) is 23.7 Å². The summed E-state index contributed by atoms with van der Waals surface area (Å²) in [4.78, 5) is 16.7. The molecule has 0 aliphatic rings. The number of rotatable bonds is 4. The van der Waals surface area contributed by atoms with Gasteiger partial charge in [-0.25, -0.2) is 4.98 Å². The minimum absolute atomic E-state index is 0.154. The lowest BCUT2D eigenvalue weighted by molar-refractivity contribution is 0.0949. The molecule has 0 radical (unpaired) electrons. The van der Waals surface area contributed by atoms with Crippen molar-refractivity contribution in [1.29, 1.82) is 0 Å². The average molecular weight is 310 g/mol. The molecule has 0 bridgehead atoms. The number of carbonyl (C=O) groups excluding carboxylic acids is 1. The van der Waals surface area contributed by atoms with Crippen LogP contribution in [0.2, 0.25) is 0 Å². The van der Waals surface area contributed by atoms with E-state index in [1.54, 1.807) is 20.1 Å². The zero-order chi connectivity index (χ0) is 16.4. The van der Waals surface area contributed by atoms with E-state index in [-0.39, 0.29) is 5.91 Å². The summed E-state index contributed by atoms with van der Waals surface area (Å²) < 4.78 is 10.6. The van der Waals surface area contributed by atoms with Crippen LogP contribution >= 0.6 is 0 Å². The van der Waals surface area contributed by atoms with E-state index in [2.05, 4.69) is 10.3 Å². The van der Waals surface area contributed by atoms with Gasteiger partial charge in [0.2, 0.25) is 5.88 Å². The van der Waals surface area contributed by atoms with Crippen LogP contribution in [-0.2, 0) is 6.54 Å². The number of ether oxygens (including phenoxy) is 1. The molecule has 1 amide bonds. The van der Waals surface area contributed by atoms with Crippen LogP contribution in [0.3, 0.4) is 0 Å². The summed E-state index contributed by atoms with van der Waals surface area (Å²) in [6, 6.07) is 11.4. The quantitative estimate of drug-likeness (QED) is 0.802. The van der Waals surface area contributed by atoms with Gasteiger partial charge in [-0.1, -0.05) is 18.2 Å². The molecule has 118 valence electrons. The normalized spacial score (nSPS) is 10.7. The molecule has 0 unspecified atom stereocenters. The van der Waals surface area contributed by atoms with Gasteiger partial charge in [-0.2, -0.15) is 0 Å². The van der Waals surface area contributed by atoms with Crippen molar-refractivity contribution in [3.05, 3.63) is 59.0 Å². The van der Waals surface area contributed by atoms with Gasteiger partial charge in [-0.15, -0.1) is 0 Å². The third-order valence-electron chi connectivity index (χ3n) is 3.71. The molecule has 2 aromatic heterocycles. The van der Waals surface area contributed by atoms with Gasteiger partial charge in [0.05, 0.1) is 18.2 Å². The highest BCUT2D eigenvalue weighted by Gasteiger charge is 2.14. The van der Waals surface area contributed by atoms with E-state index in [1.807, 2.05) is 37.3 Å². The summed E-state index contributed by atoms with van der Waals surface area (Å²) in [6.07, 6.45) is 0. The van der Waals surface area contributed by atoms with E-state index in [0.717, 1.165) is 22.2 Å². The van der Waals surface area contributed by atoms with Crippen LogP contribution in [0, 0.1) is 13.8 Å². The fourth-order valence-electron chi connectivity index (χ4n) is 2.60. The monoisotopic (exact) mass is 310 g/mol. The number of fused-ring (bicyclic) bond motifs is 1. The Hall–Kier alpha value is -2.82. The molecule has 0 spiro atoms. The molecule has 0 atom stereocenters. The average Bonchev–Trinajstić information content (AvgIpc) is 2.90. The molecule has 2 heterocycles. The van der Waals surface area contributed by atoms with E-state index >= 15 is 0 Å². The number of benzene rings is 1. The first-order valence-electron chi connectivity index (χ1n) is 7.36. The topological polar surface area (TPSA) is 64.4 Å². The van der Waals surface area contributed by atoms with Gasteiger partial charge in [0, 0.05) is 18.0 Å². The highest BCUT2D eigenvalue weighted by molar-refractivity contribution is 5.95. The minimum Gasteiger partial charge on any atom is -0.481 e. The van der Waals surface area contributed by atoms with Gasteiger partial charge in [-0.05, 0) is 31.5 Å². The minimum atomic E-state index is -0.154. The Labute approximate surface area is 134 Å². The highest BCUT2D eigenvalue weighted by atomic mass is 16.5. The Balaban J connectivity index is 1.86. The lowest BCUT2D eigenvalue weighted by Gasteiger charge is -2.10. The molecular weight excluding hydrogens is 292 g/mol. The van der Waals surface area contributed by atoms with Crippen LogP contribution in [0.5, 0.6) is 5.88 Å². The van der Waals surface area contributed by atoms with Gasteiger partial charge in [-0.3, -0.25) is 4.79 Å². The predicted octanol–water partition coefficient (Wildman–Crippen LogP) is 3.38. The maximum atomic E-state index is 12.3. The number of para-hydroxylation sites is 1. The second kappa shape index (κ2) is 6.12. The SMILES string of the molecule is COc1cc(CNC(=O)c2cc(C)oc2C)c2ccccc2n1. The van der Waals surface area contributed by atoms with Crippen molar-refractivity contribution in [2.24, 2.45) is 0 Å². The molecule has 0 aliphatic carbocycles. The van der Waals surface area contributed by atoms with Crippen molar-refractivity contribution in [2.45, 2.75) is 20.4 Å². The number of pyridine rings is 1. The summed E-state index contributed by atoms with van der Waals surface area (Å²) in [5.41, 5.74) is 2.36. The van der Waals surface area contributed by atoms with Crippen molar-refractivity contribution in [3.63, 3.8) is 0 Å². The first-order valence-corrected chi connectivity index (χ1v) is 7.36. The number of aromatic nitrogens is 1. The molecule has 0 saturated carbocycles. The molecule has 5 heteroatoms. The van der Waals surface area contributed by atoms with Gasteiger partial charge in [0.15, 0.2) is 0 Å². The largest absolute Gasteiger partial charge is 0.481 e. The number of hydrogen-bond donors (Lipinski definition) is 1. The number of amides is 1. The summed E-state index contributed by atoms with van der Waals surface area (Å²) in [7, 11) is 1.58. The van der Waals surface area contributed by atoms with Gasteiger partial charge < -0.3 is 14.5 Å². The van der Waals surface area contributed by atoms with Crippen LogP contribution in [0.25, 0.3) is 10.9 Å². The number of aryl methyl sites for hydroxylation is 2. The van der Waals surface area contributed by atoms with Crippen LogP contribution in [0.15, 0.2) is 40.8 Å². The van der Waals surface area contributed by atoms with Crippen LogP contribution < -0.4 is 10.1 Å². The predicted molar refractivity (Wildman–Crippen MR) is 87.6 cm³/mol. The molecule has 3 rings (SSSR count). The molecule has 0 aliphatic heterocycles. The lowest BCUT2D eigenvalue weighted by atomic mass is 10.1. The third-order valence-corrected chi connectivity index (χ3v) is 3.71. The standard InChI is InChI=1S/C18H18N2O3/c1-11-8-15(12(2)23-11)18(21)19-10-13-9-17(22-3)20-16-7-5-4-6-14(13)16/h4-9H,10H2,1-3H3,(H,19,21). The summed E-state index contributed by atoms with van der Waals surface area (Å²) >= 11 is 0. The molecule has 5 nitrogen and oxygen atoms in total. The van der Waals surface area contributed by atoms with E-state index in [4.69, 9.17) is 9.15 Å². The number of methoxy groups -OCH3 is 1. The van der Waals surface area contributed by atoms with Crippen LogP contribution in [0.1, 0.15) is 27.4 Å². The summed E-state index contributed by atoms with van der Waals surface area (Å²) in [6.45, 7) is 4.00. The number of nitrogens with zero attached hydrogens (tertiary/aromatic N) is 1. The number of furan rings is 1. The molecule has 3 aromatic rings. The van der Waals surface area contributed by atoms with E-state index in [1.165, 1.54) is 0 Å². The molecule has 23 heavy (non-hydrogen) atoms. The fraction of sp³-hybridized carbons (Fsp3) is 0.222. The van der Waals surface area contributed by atoms with Crippen LogP contribution in [0.4, 0.5) is 0 Å². The lowest BCUT2D eigenvalue weighted by Crippen LogP contribution is -2.23. The van der Waals surface area contributed by atoms with Gasteiger partial charge in [0.25, 0.3) is 5.91 Å². The number of hydrogen-bond acceptors (Lipinski definition) is 4. The van der Waals surface area contributed by atoms with Gasteiger partial charge in [0.1, 0.15) is 11.5 Å². The van der Waals surface area contributed by atoms with Crippen molar-refractivity contribution >= 4 is 16.8 Å². The van der Waals surface area contributed by atoms with Crippen molar-refractivity contribution < 1.29 is 13.9 Å². The number of carbonyl (C=O) groups is 1. The zero-order valence-electron chi connectivity index (χ0n) is 13.3. The second-order valence-electron chi connectivity index (χ2n) is 5.35. The zero-order valence-corrected chi connectivity index (χ0v) is 13.3. The Morgan fingerprint density at radius 1 is 1.26 bits per heavy atom. The van der Waals surface area contributed by atoms with Crippen molar-refractivity contribution in [2.75, 3.05) is 7.11 Å². The van der Waals surface area contributed by atoms with E-state index < -0.39 is 0 Å². The Kier molecular flexibility index (Phi) is 4.02. The molecular formula is C18H18N2O3. The number of nitrogens with one attached hydrogen (secondary N) is 1. The van der Waals surface area contributed by atoms with Crippen molar-refractivity contribution in [3.8, 4) is 5.88 Å². The summed E-state index contributed by atoms with van der Waals surface area (Å²) in [5.74, 6) is 1.73. The summed E-state index contributed by atoms with van der Waals surface area (Å²) in [5, 5.41) is 3.92. The maximum absolute atomic E-state index is 12.3. The highest BCUT2D eigenvalue weighted by Crippen LogP contribution is 2.22. The molecule has 0 fully saturated rings. The first-order chi connectivity index (χ1) is 11.1. The van der Waals surface area contributed by atoms with E-state index in [9.17, 15) is 4.79 Å². The third kappa shape index (κ3) is 3.04. The van der Waals surface area contributed by atoms with Crippen LogP contribution in [-0.4, -0.2) is 18.0 Å². The maximum Gasteiger partial charge on any atom is 0.255 e.